The van der Waals surface area contributed by atoms with Crippen LogP contribution in [0, 0.1) is 0 Å². The Morgan fingerprint density at radius 1 is 1.23 bits per heavy atom. The lowest BCUT2D eigenvalue weighted by molar-refractivity contribution is -0.121. The van der Waals surface area contributed by atoms with Gasteiger partial charge >= 0.3 is 0 Å². The van der Waals surface area contributed by atoms with Crippen molar-refractivity contribution in [2.45, 2.75) is 12.5 Å². The molecule has 0 aliphatic rings. The minimum Gasteiger partial charge on any atom is -0.496 e. The molecule has 116 valence electrons. The van der Waals surface area contributed by atoms with Gasteiger partial charge in [-0.05, 0) is 23.8 Å². The highest BCUT2D eigenvalue weighted by molar-refractivity contribution is 6.30. The minimum atomic E-state index is -0.459. The number of hydrogen-bond acceptors (Lipinski definition) is 3. The molecule has 2 aromatic carbocycles. The zero-order valence-corrected chi connectivity index (χ0v) is 13.0. The van der Waals surface area contributed by atoms with Crippen LogP contribution in [0.15, 0.2) is 48.5 Å². The van der Waals surface area contributed by atoms with Crippen LogP contribution in [0.25, 0.3) is 0 Å². The molecule has 0 aliphatic carbocycles. The van der Waals surface area contributed by atoms with Gasteiger partial charge in [-0.15, -0.1) is 0 Å². The molecule has 2 N–H and O–H groups in total. The fourth-order valence-electron chi connectivity index (χ4n) is 2.20. The fraction of sp³-hybridized carbons (Fsp3) is 0.235. The van der Waals surface area contributed by atoms with Crippen LogP contribution in [0.1, 0.15) is 17.2 Å². The average Bonchev–Trinajstić information content (AvgIpc) is 2.54. The van der Waals surface area contributed by atoms with E-state index < -0.39 is 6.04 Å². The van der Waals surface area contributed by atoms with Crippen LogP contribution in [0.3, 0.4) is 0 Å². The molecule has 4 nitrogen and oxygen atoms in total. The molecule has 0 aromatic heterocycles. The summed E-state index contributed by atoms with van der Waals surface area (Å²) in [7, 11) is 1.57. The number of ether oxygens (including phenoxy) is 1. The third-order valence-electron chi connectivity index (χ3n) is 3.33. The molecule has 22 heavy (non-hydrogen) atoms. The maximum Gasteiger partial charge on any atom is 0.225 e. The smallest absolute Gasteiger partial charge is 0.225 e. The van der Waals surface area contributed by atoms with E-state index in [1.165, 1.54) is 0 Å². The Hall–Kier alpha value is -2.04. The van der Waals surface area contributed by atoms with Crippen molar-refractivity contribution in [3.8, 4) is 5.75 Å². The van der Waals surface area contributed by atoms with Crippen LogP contribution in [-0.4, -0.2) is 24.7 Å². The van der Waals surface area contributed by atoms with Gasteiger partial charge in [-0.3, -0.25) is 4.79 Å². The second-order valence-electron chi connectivity index (χ2n) is 4.84. The third-order valence-corrected chi connectivity index (χ3v) is 3.59. The number of rotatable bonds is 6. The van der Waals surface area contributed by atoms with E-state index in [9.17, 15) is 9.90 Å². The first kappa shape index (κ1) is 16.3. The number of aliphatic hydroxyl groups is 1. The van der Waals surface area contributed by atoms with Crippen LogP contribution >= 0.6 is 11.6 Å². The van der Waals surface area contributed by atoms with E-state index in [4.69, 9.17) is 16.3 Å². The minimum absolute atomic E-state index is 0.181. The predicted octanol–water partition coefficient (Wildman–Crippen LogP) is 2.74. The van der Waals surface area contributed by atoms with Gasteiger partial charge in [-0.2, -0.15) is 0 Å². The molecule has 1 atom stereocenters. The van der Waals surface area contributed by atoms with E-state index >= 15 is 0 Å². The molecule has 0 saturated carbocycles. The molecule has 2 rings (SSSR count). The first-order chi connectivity index (χ1) is 10.6. The Morgan fingerprint density at radius 2 is 1.91 bits per heavy atom. The molecule has 0 bridgehead atoms. The molecular formula is C17H18ClNO3. The van der Waals surface area contributed by atoms with Crippen molar-refractivity contribution in [1.29, 1.82) is 0 Å². The number of aliphatic hydroxyl groups excluding tert-OH is 1. The Morgan fingerprint density at radius 3 is 2.55 bits per heavy atom. The van der Waals surface area contributed by atoms with Gasteiger partial charge in [0.15, 0.2) is 0 Å². The summed E-state index contributed by atoms with van der Waals surface area (Å²) < 4.78 is 5.23. The van der Waals surface area contributed by atoms with Crippen molar-refractivity contribution in [1.82, 2.24) is 5.32 Å². The molecule has 5 heteroatoms. The van der Waals surface area contributed by atoms with Gasteiger partial charge in [0.2, 0.25) is 5.91 Å². The number of para-hydroxylation sites is 1. The van der Waals surface area contributed by atoms with Gasteiger partial charge in [0.1, 0.15) is 5.75 Å². The fourth-order valence-corrected chi connectivity index (χ4v) is 2.32. The second kappa shape index (κ2) is 7.82. The number of methoxy groups -OCH3 is 1. The monoisotopic (exact) mass is 319 g/mol. The maximum absolute atomic E-state index is 12.2. The molecule has 1 amide bonds. The number of hydrogen-bond donors (Lipinski definition) is 2. The largest absolute Gasteiger partial charge is 0.496 e. The van der Waals surface area contributed by atoms with E-state index in [2.05, 4.69) is 5.32 Å². The van der Waals surface area contributed by atoms with Crippen molar-refractivity contribution >= 4 is 17.5 Å². The summed E-state index contributed by atoms with van der Waals surface area (Å²) in [4.78, 5) is 12.2. The van der Waals surface area contributed by atoms with E-state index in [1.54, 1.807) is 31.4 Å². The molecule has 0 fully saturated rings. The lowest BCUT2D eigenvalue weighted by Gasteiger charge is -2.17. The van der Waals surface area contributed by atoms with Crippen molar-refractivity contribution < 1.29 is 14.6 Å². The van der Waals surface area contributed by atoms with Crippen LogP contribution in [0.4, 0.5) is 0 Å². The number of benzene rings is 2. The summed E-state index contributed by atoms with van der Waals surface area (Å²) in [5, 5.41) is 12.9. The van der Waals surface area contributed by atoms with Crippen LogP contribution in [0.2, 0.25) is 5.02 Å². The van der Waals surface area contributed by atoms with Crippen LogP contribution < -0.4 is 10.1 Å². The lowest BCUT2D eigenvalue weighted by atomic mass is 10.1. The van der Waals surface area contributed by atoms with Crippen LogP contribution in [-0.2, 0) is 11.2 Å². The Labute approximate surface area is 134 Å². The highest BCUT2D eigenvalue weighted by atomic mass is 35.5. The molecule has 0 saturated heterocycles. The van der Waals surface area contributed by atoms with E-state index in [1.807, 2.05) is 24.3 Å². The van der Waals surface area contributed by atoms with E-state index in [-0.39, 0.29) is 18.9 Å². The average molecular weight is 320 g/mol. The first-order valence-corrected chi connectivity index (χ1v) is 7.29. The maximum atomic E-state index is 12.2. The van der Waals surface area contributed by atoms with Gasteiger partial charge in [0.25, 0.3) is 0 Å². The Balaban J connectivity index is 2.05. The predicted molar refractivity (Wildman–Crippen MR) is 86.1 cm³/mol. The van der Waals surface area contributed by atoms with E-state index in [0.717, 1.165) is 11.1 Å². The molecule has 0 spiro atoms. The van der Waals surface area contributed by atoms with Gasteiger partial charge in [-0.1, -0.05) is 41.9 Å². The summed E-state index contributed by atoms with van der Waals surface area (Å²) in [6.45, 7) is -0.181. The third kappa shape index (κ3) is 4.23. The molecule has 2 aromatic rings. The van der Waals surface area contributed by atoms with Crippen molar-refractivity contribution in [3.05, 3.63) is 64.7 Å². The van der Waals surface area contributed by atoms with Crippen molar-refractivity contribution in [3.63, 3.8) is 0 Å². The molecule has 0 heterocycles. The number of nitrogens with one attached hydrogen (secondary N) is 1. The normalized spacial score (nSPS) is 11.8. The number of halogens is 1. The Kier molecular flexibility index (Phi) is 5.81. The Bertz CT molecular complexity index is 628. The lowest BCUT2D eigenvalue weighted by Crippen LogP contribution is -2.32. The molecule has 0 aliphatic heterocycles. The molecular weight excluding hydrogens is 302 g/mol. The standard InChI is InChI=1S/C17H18ClNO3/c1-22-16-5-3-2-4-13(16)10-17(21)19-15(11-20)12-6-8-14(18)9-7-12/h2-9,15,20H,10-11H2,1H3,(H,19,21). The topological polar surface area (TPSA) is 58.6 Å². The van der Waals surface area contributed by atoms with Crippen molar-refractivity contribution in [2.75, 3.05) is 13.7 Å². The van der Waals surface area contributed by atoms with Gasteiger partial charge < -0.3 is 15.2 Å². The summed E-state index contributed by atoms with van der Waals surface area (Å²) in [5.41, 5.74) is 1.61. The highest BCUT2D eigenvalue weighted by Crippen LogP contribution is 2.19. The molecule has 1 unspecified atom stereocenters. The quantitative estimate of drug-likeness (QED) is 0.860. The van der Waals surface area contributed by atoms with Crippen molar-refractivity contribution in [2.24, 2.45) is 0 Å². The second-order valence-corrected chi connectivity index (χ2v) is 5.28. The number of amides is 1. The molecule has 0 radical (unpaired) electrons. The van der Waals surface area contributed by atoms with Gasteiger partial charge in [-0.25, -0.2) is 0 Å². The highest BCUT2D eigenvalue weighted by Gasteiger charge is 2.15. The summed E-state index contributed by atoms with van der Waals surface area (Å²) >= 11 is 5.84. The summed E-state index contributed by atoms with van der Waals surface area (Å²) in [6, 6.07) is 13.9. The number of carbonyl (C=O) groups is 1. The van der Waals surface area contributed by atoms with Gasteiger partial charge in [0, 0.05) is 10.6 Å². The SMILES string of the molecule is COc1ccccc1CC(=O)NC(CO)c1ccc(Cl)cc1. The summed E-state index contributed by atoms with van der Waals surface area (Å²) in [5.74, 6) is 0.489. The first-order valence-electron chi connectivity index (χ1n) is 6.91. The summed E-state index contributed by atoms with van der Waals surface area (Å²) in [6.07, 6.45) is 0.189. The van der Waals surface area contributed by atoms with E-state index in [0.29, 0.717) is 10.8 Å². The zero-order chi connectivity index (χ0) is 15.9. The van der Waals surface area contributed by atoms with Gasteiger partial charge in [0.05, 0.1) is 26.2 Å². The zero-order valence-electron chi connectivity index (χ0n) is 12.3. The number of carbonyl (C=O) groups excluding carboxylic acids is 1. The van der Waals surface area contributed by atoms with Crippen LogP contribution in [0.5, 0.6) is 5.75 Å².